The minimum Gasteiger partial charge on any atom is -0.460 e. The van der Waals surface area contributed by atoms with E-state index in [0.717, 1.165) is 23.2 Å². The van der Waals surface area contributed by atoms with E-state index in [0.29, 0.717) is 6.07 Å². The van der Waals surface area contributed by atoms with Gasteiger partial charge in [0, 0.05) is 24.7 Å². The van der Waals surface area contributed by atoms with E-state index in [-0.39, 0.29) is 12.1 Å². The van der Waals surface area contributed by atoms with Crippen LogP contribution in [-0.4, -0.2) is 47.7 Å². The molecular formula is C21H24F5N3O3. The lowest BCUT2D eigenvalue weighted by Crippen LogP contribution is -2.50. The first-order valence-electron chi connectivity index (χ1n) is 9.99. The van der Waals surface area contributed by atoms with Crippen LogP contribution in [0.15, 0.2) is 30.0 Å². The summed E-state index contributed by atoms with van der Waals surface area (Å²) in [5.74, 6) is -5.01. The van der Waals surface area contributed by atoms with Crippen LogP contribution < -0.4 is 10.9 Å². The maximum Gasteiger partial charge on any atom is 0.405 e. The molecule has 1 fully saturated rings. The second-order valence-electron chi connectivity index (χ2n) is 8.90. The molecule has 1 aromatic carbocycles. The maximum absolute atomic E-state index is 14.3. The van der Waals surface area contributed by atoms with Crippen molar-refractivity contribution in [2.75, 3.05) is 6.54 Å². The third kappa shape index (κ3) is 4.63. The number of hydrogen-bond acceptors (Lipinski definition) is 5. The van der Waals surface area contributed by atoms with E-state index < -0.39 is 64.8 Å². The number of amides is 1. The molecule has 1 saturated heterocycles. The zero-order valence-corrected chi connectivity index (χ0v) is 17.9. The number of hydrazine groups is 1. The van der Waals surface area contributed by atoms with E-state index in [9.17, 15) is 31.5 Å². The summed E-state index contributed by atoms with van der Waals surface area (Å²) in [7, 11) is 0. The summed E-state index contributed by atoms with van der Waals surface area (Å²) in [6.45, 7) is 5.96. The highest BCUT2D eigenvalue weighted by molar-refractivity contribution is 5.97. The lowest BCUT2D eigenvalue weighted by molar-refractivity contribution is -0.170. The molecule has 0 saturated carbocycles. The molecule has 1 aromatic rings. The van der Waals surface area contributed by atoms with Crippen molar-refractivity contribution in [3.05, 3.63) is 47.2 Å². The van der Waals surface area contributed by atoms with Crippen LogP contribution >= 0.6 is 0 Å². The Morgan fingerprint density at radius 3 is 2.41 bits per heavy atom. The summed E-state index contributed by atoms with van der Waals surface area (Å²) >= 11 is 0. The van der Waals surface area contributed by atoms with Crippen LogP contribution in [-0.2, 0) is 9.53 Å². The molecule has 2 heterocycles. The van der Waals surface area contributed by atoms with Crippen LogP contribution in [0.2, 0.25) is 0 Å². The molecule has 6 nitrogen and oxygen atoms in total. The lowest BCUT2D eigenvalue weighted by Gasteiger charge is -2.38. The fourth-order valence-corrected chi connectivity index (χ4v) is 4.26. The van der Waals surface area contributed by atoms with E-state index in [1.165, 1.54) is 13.8 Å². The van der Waals surface area contributed by atoms with Gasteiger partial charge in [-0.15, -0.1) is 0 Å². The van der Waals surface area contributed by atoms with Crippen LogP contribution in [0.1, 0.15) is 38.1 Å². The number of esters is 1. The predicted octanol–water partition coefficient (Wildman–Crippen LogP) is 3.31. The average Bonchev–Trinajstić information content (AvgIpc) is 3.05. The molecule has 0 radical (unpaired) electrons. The second kappa shape index (κ2) is 8.43. The normalized spacial score (nSPS) is 25.2. The van der Waals surface area contributed by atoms with Crippen molar-refractivity contribution < 1.29 is 36.3 Å². The number of carbonyl (C=O) groups is 2. The first-order chi connectivity index (χ1) is 14.7. The minimum atomic E-state index is -4.64. The highest BCUT2D eigenvalue weighted by Gasteiger charge is 2.59. The van der Waals surface area contributed by atoms with Crippen molar-refractivity contribution >= 4 is 11.9 Å². The largest absolute Gasteiger partial charge is 0.460 e. The van der Waals surface area contributed by atoms with Crippen LogP contribution in [0.25, 0.3) is 0 Å². The van der Waals surface area contributed by atoms with Crippen molar-refractivity contribution in [2.24, 2.45) is 11.3 Å². The van der Waals surface area contributed by atoms with Crippen molar-refractivity contribution in [1.29, 1.82) is 0 Å². The Kier molecular flexibility index (Phi) is 6.36. The summed E-state index contributed by atoms with van der Waals surface area (Å²) in [6, 6.07) is -0.747. The monoisotopic (exact) mass is 461 g/mol. The van der Waals surface area contributed by atoms with Crippen molar-refractivity contribution in [3.8, 4) is 0 Å². The van der Waals surface area contributed by atoms with E-state index in [4.69, 9.17) is 4.74 Å². The number of rotatable bonds is 3. The van der Waals surface area contributed by atoms with Gasteiger partial charge in [0.05, 0.1) is 23.3 Å². The molecule has 2 aliphatic rings. The maximum atomic E-state index is 14.3. The molecular weight excluding hydrogens is 437 g/mol. The van der Waals surface area contributed by atoms with Gasteiger partial charge in [0.1, 0.15) is 17.7 Å². The number of fused-ring (bicyclic) bond motifs is 1. The van der Waals surface area contributed by atoms with E-state index >= 15 is 0 Å². The van der Waals surface area contributed by atoms with Crippen LogP contribution in [0.5, 0.6) is 0 Å². The summed E-state index contributed by atoms with van der Waals surface area (Å²) in [6.07, 6.45) is -4.11. The summed E-state index contributed by atoms with van der Waals surface area (Å²) in [4.78, 5) is 26.8. The summed E-state index contributed by atoms with van der Waals surface area (Å²) < 4.78 is 74.0. The minimum absolute atomic E-state index is 0.204. The number of carbonyl (C=O) groups excluding carboxylic acids is 2. The topological polar surface area (TPSA) is 70.7 Å². The first-order valence-corrected chi connectivity index (χ1v) is 9.99. The smallest absolute Gasteiger partial charge is 0.405 e. The zero-order chi connectivity index (χ0) is 24.0. The summed E-state index contributed by atoms with van der Waals surface area (Å²) in [5, 5.41) is 0. The highest BCUT2D eigenvalue weighted by atomic mass is 19.4. The molecule has 1 amide bonds. The number of nitrogens with zero attached hydrogens (tertiary/aromatic N) is 1. The molecule has 3 rings (SSSR count). The molecule has 0 aliphatic carbocycles. The van der Waals surface area contributed by atoms with Gasteiger partial charge < -0.3 is 9.64 Å². The number of hydrogen-bond donors (Lipinski definition) is 2. The second-order valence-corrected chi connectivity index (χ2v) is 8.90. The Hall–Kier alpha value is -2.53. The van der Waals surface area contributed by atoms with Crippen LogP contribution in [0, 0.1) is 23.0 Å². The van der Waals surface area contributed by atoms with Gasteiger partial charge in [-0.2, -0.15) is 13.2 Å². The Morgan fingerprint density at radius 2 is 1.84 bits per heavy atom. The molecule has 0 bridgehead atoms. The Bertz CT molecular complexity index is 945. The zero-order valence-electron chi connectivity index (χ0n) is 17.9. The molecule has 0 spiro atoms. The fraction of sp³-hybridized carbons (Fsp3) is 0.524. The fourth-order valence-electron chi connectivity index (χ4n) is 4.26. The van der Waals surface area contributed by atoms with Crippen molar-refractivity contribution in [1.82, 2.24) is 15.8 Å². The SMILES string of the molecule is CC(C)OC(=O)C1=CN(C(=O)c2ccc(F)cc2F)CC(C)(C)C2C1NNC2C(F)(F)F. The lowest BCUT2D eigenvalue weighted by atomic mass is 9.70. The average molecular weight is 461 g/mol. The van der Waals surface area contributed by atoms with Gasteiger partial charge in [0.25, 0.3) is 5.91 Å². The first kappa shape index (κ1) is 24.1. The van der Waals surface area contributed by atoms with Gasteiger partial charge in [-0.05, 0) is 31.4 Å². The van der Waals surface area contributed by atoms with Crippen molar-refractivity contribution in [3.63, 3.8) is 0 Å². The summed E-state index contributed by atoms with van der Waals surface area (Å²) in [5.41, 5.74) is 2.90. The Labute approximate surface area is 181 Å². The molecule has 11 heteroatoms. The third-order valence-electron chi connectivity index (χ3n) is 5.58. The van der Waals surface area contributed by atoms with Gasteiger partial charge in [0.2, 0.25) is 0 Å². The molecule has 3 unspecified atom stereocenters. The number of nitrogens with one attached hydrogen (secondary N) is 2. The predicted molar refractivity (Wildman–Crippen MR) is 104 cm³/mol. The number of halogens is 5. The molecule has 0 aromatic heterocycles. The van der Waals surface area contributed by atoms with Gasteiger partial charge in [-0.3, -0.25) is 4.79 Å². The van der Waals surface area contributed by atoms with Crippen LogP contribution in [0.4, 0.5) is 22.0 Å². The van der Waals surface area contributed by atoms with Crippen molar-refractivity contribution in [2.45, 2.75) is 52.1 Å². The number of benzene rings is 1. The van der Waals surface area contributed by atoms with Gasteiger partial charge in [0.15, 0.2) is 0 Å². The number of ether oxygens (including phenoxy) is 1. The quantitative estimate of drug-likeness (QED) is 0.534. The molecule has 2 aliphatic heterocycles. The molecule has 176 valence electrons. The van der Waals surface area contributed by atoms with Crippen LogP contribution in [0.3, 0.4) is 0 Å². The van der Waals surface area contributed by atoms with Gasteiger partial charge in [-0.1, -0.05) is 13.8 Å². The van der Waals surface area contributed by atoms with Gasteiger partial charge >= 0.3 is 12.1 Å². The van der Waals surface area contributed by atoms with E-state index in [1.807, 2.05) is 0 Å². The standard InChI is InChI=1S/C21H24F5N3O3/c1-10(2)32-19(31)13-8-29(18(30)12-6-5-11(22)7-14(12)23)9-20(3,4)15-16(13)27-28-17(15)21(24,25)26/h5-8,10,15-17,27-28H,9H2,1-4H3. The third-order valence-corrected chi connectivity index (χ3v) is 5.58. The molecule has 3 atom stereocenters. The van der Waals surface area contributed by atoms with Gasteiger partial charge in [-0.25, -0.2) is 24.4 Å². The van der Waals surface area contributed by atoms with E-state index in [2.05, 4.69) is 10.9 Å². The number of alkyl halides is 3. The molecule has 2 N–H and O–H groups in total. The van der Waals surface area contributed by atoms with E-state index in [1.54, 1.807) is 13.8 Å². The highest BCUT2D eigenvalue weighted by Crippen LogP contribution is 2.45. The molecule has 32 heavy (non-hydrogen) atoms. The Balaban J connectivity index is 2.09. The Morgan fingerprint density at radius 1 is 1.19 bits per heavy atom.